The number of anilines is 1. The molecule has 1 atom stereocenters. The first-order valence-corrected chi connectivity index (χ1v) is 10.0. The van der Waals surface area contributed by atoms with Crippen LogP contribution in [0.4, 0.5) is 5.69 Å². The predicted octanol–water partition coefficient (Wildman–Crippen LogP) is 2.21. The molecule has 0 bridgehead atoms. The van der Waals surface area contributed by atoms with Gasteiger partial charge in [-0.1, -0.05) is 16.8 Å². The molecule has 3 aromatic rings. The van der Waals surface area contributed by atoms with Gasteiger partial charge in [0.2, 0.25) is 5.88 Å². The number of nitrogens with zero attached hydrogens (tertiary/aromatic N) is 5. The number of aliphatic hydroxyl groups excluding tert-OH is 1. The summed E-state index contributed by atoms with van der Waals surface area (Å²) >= 11 is 6.26. The lowest BCUT2D eigenvalue weighted by atomic mass is 10.1. The zero-order chi connectivity index (χ0) is 21.3. The molecule has 0 aromatic carbocycles. The van der Waals surface area contributed by atoms with Gasteiger partial charge in [0.1, 0.15) is 16.9 Å². The second-order valence-electron chi connectivity index (χ2n) is 7.15. The molecule has 1 aliphatic heterocycles. The quantitative estimate of drug-likeness (QED) is 0.633. The van der Waals surface area contributed by atoms with Crippen LogP contribution in [-0.4, -0.2) is 50.8 Å². The maximum atomic E-state index is 12.3. The molecule has 10 heteroatoms. The molecule has 0 saturated carbocycles. The Balaban J connectivity index is 1.48. The summed E-state index contributed by atoms with van der Waals surface area (Å²) in [6, 6.07) is 3.77. The van der Waals surface area contributed by atoms with Crippen LogP contribution in [-0.2, 0) is 6.54 Å². The highest BCUT2D eigenvalue weighted by Gasteiger charge is 2.27. The first kappa shape index (κ1) is 20.4. The lowest BCUT2D eigenvalue weighted by Gasteiger charge is -2.20. The number of aliphatic hydroxyl groups is 1. The lowest BCUT2D eigenvalue weighted by molar-refractivity contribution is 0.216. The fourth-order valence-corrected chi connectivity index (χ4v) is 3.94. The van der Waals surface area contributed by atoms with E-state index >= 15 is 0 Å². The van der Waals surface area contributed by atoms with Gasteiger partial charge in [-0.3, -0.25) is 4.79 Å². The molecular formula is C20H22ClN5O4. The average Bonchev–Trinajstić information content (AvgIpc) is 3.32. The molecular weight excluding hydrogens is 410 g/mol. The van der Waals surface area contributed by atoms with Gasteiger partial charge in [0.25, 0.3) is 5.56 Å². The fourth-order valence-electron chi connectivity index (χ4n) is 3.67. The predicted molar refractivity (Wildman–Crippen MR) is 111 cm³/mol. The number of aryl methyl sites for hydroxylation is 2. The summed E-state index contributed by atoms with van der Waals surface area (Å²) in [5.41, 5.74) is 2.85. The summed E-state index contributed by atoms with van der Waals surface area (Å²) in [6.45, 7) is 4.94. The minimum absolute atomic E-state index is 0.0950. The zero-order valence-corrected chi connectivity index (χ0v) is 17.5. The molecule has 9 nitrogen and oxygen atoms in total. The maximum Gasteiger partial charge on any atom is 0.287 e. The minimum Gasteiger partial charge on any atom is -0.472 e. The van der Waals surface area contributed by atoms with E-state index in [1.807, 2.05) is 30.9 Å². The second-order valence-corrected chi connectivity index (χ2v) is 7.53. The molecule has 158 valence electrons. The van der Waals surface area contributed by atoms with Gasteiger partial charge in [-0.25, -0.2) is 9.67 Å². The first-order chi connectivity index (χ1) is 14.5. The normalized spacial score (nSPS) is 16.3. The van der Waals surface area contributed by atoms with E-state index in [9.17, 15) is 4.79 Å². The maximum absolute atomic E-state index is 12.3. The Labute approximate surface area is 177 Å². The van der Waals surface area contributed by atoms with Gasteiger partial charge in [-0.15, -0.1) is 0 Å². The van der Waals surface area contributed by atoms with Crippen molar-refractivity contribution in [1.29, 1.82) is 0 Å². The Morgan fingerprint density at radius 3 is 2.97 bits per heavy atom. The van der Waals surface area contributed by atoms with Crippen molar-refractivity contribution in [2.75, 3.05) is 24.6 Å². The molecule has 3 aromatic heterocycles. The molecule has 30 heavy (non-hydrogen) atoms. The summed E-state index contributed by atoms with van der Waals surface area (Å²) in [4.78, 5) is 18.6. The fraction of sp³-hybridized carbons (Fsp3) is 0.400. The van der Waals surface area contributed by atoms with Gasteiger partial charge < -0.3 is 19.3 Å². The smallest absolute Gasteiger partial charge is 0.287 e. The van der Waals surface area contributed by atoms with Crippen molar-refractivity contribution in [3.8, 4) is 17.0 Å². The highest BCUT2D eigenvalue weighted by Crippen LogP contribution is 2.30. The standard InChI is InChI=1S/C20H22ClN5O4/c1-12-18(13(2)30-24-12)14-3-5-22-17(9-14)29-15-4-6-25(11-15)16-10-23-26(7-8-27)20(28)19(16)21/h3,5,9-10,15,27H,4,6-8,11H2,1-2H3/t15-/m1/s1. The SMILES string of the molecule is Cc1noc(C)c1-c1ccnc(O[C@@H]2CCN(c3cnn(CCO)c(=O)c3Cl)C2)c1. The molecule has 0 amide bonds. The number of hydrogen-bond donors (Lipinski definition) is 1. The van der Waals surface area contributed by atoms with Crippen molar-refractivity contribution in [3.05, 3.63) is 51.4 Å². The summed E-state index contributed by atoms with van der Waals surface area (Å²) in [7, 11) is 0. The van der Waals surface area contributed by atoms with E-state index in [0.29, 0.717) is 24.7 Å². The second kappa shape index (κ2) is 8.45. The third kappa shape index (κ3) is 3.90. The average molecular weight is 432 g/mol. The van der Waals surface area contributed by atoms with Crippen molar-refractivity contribution in [2.45, 2.75) is 32.9 Å². The Kier molecular flexibility index (Phi) is 5.74. The molecule has 0 unspecified atom stereocenters. The molecule has 1 aliphatic rings. The van der Waals surface area contributed by atoms with Gasteiger partial charge in [0, 0.05) is 30.8 Å². The Morgan fingerprint density at radius 2 is 2.23 bits per heavy atom. The molecule has 0 spiro atoms. The van der Waals surface area contributed by atoms with Gasteiger partial charge in [-0.2, -0.15) is 5.10 Å². The number of aromatic nitrogens is 4. The van der Waals surface area contributed by atoms with Crippen molar-refractivity contribution in [1.82, 2.24) is 19.9 Å². The molecule has 0 aliphatic carbocycles. The van der Waals surface area contributed by atoms with Crippen LogP contribution in [0.25, 0.3) is 11.1 Å². The third-order valence-corrected chi connectivity index (χ3v) is 5.46. The van der Waals surface area contributed by atoms with Crippen LogP contribution < -0.4 is 15.2 Å². The number of halogens is 1. The van der Waals surface area contributed by atoms with E-state index in [0.717, 1.165) is 33.7 Å². The van der Waals surface area contributed by atoms with Crippen LogP contribution in [0.5, 0.6) is 5.88 Å². The van der Waals surface area contributed by atoms with Crippen molar-refractivity contribution in [3.63, 3.8) is 0 Å². The Hall–Kier alpha value is -2.91. The van der Waals surface area contributed by atoms with E-state index < -0.39 is 5.56 Å². The minimum atomic E-state index is -0.415. The topological polar surface area (TPSA) is 107 Å². The lowest BCUT2D eigenvalue weighted by Crippen LogP contribution is -2.30. The Morgan fingerprint density at radius 1 is 1.40 bits per heavy atom. The highest BCUT2D eigenvalue weighted by molar-refractivity contribution is 6.33. The van der Waals surface area contributed by atoms with E-state index in [-0.39, 0.29) is 24.3 Å². The van der Waals surface area contributed by atoms with E-state index in [4.69, 9.17) is 26.0 Å². The van der Waals surface area contributed by atoms with Gasteiger partial charge >= 0.3 is 0 Å². The number of hydrogen-bond acceptors (Lipinski definition) is 8. The van der Waals surface area contributed by atoms with E-state index in [1.165, 1.54) is 0 Å². The van der Waals surface area contributed by atoms with Crippen LogP contribution in [0.2, 0.25) is 5.02 Å². The van der Waals surface area contributed by atoms with E-state index in [1.54, 1.807) is 12.4 Å². The molecule has 0 radical (unpaired) electrons. The van der Waals surface area contributed by atoms with Crippen LogP contribution in [0, 0.1) is 13.8 Å². The zero-order valence-electron chi connectivity index (χ0n) is 16.7. The summed E-state index contributed by atoms with van der Waals surface area (Å²) in [6.07, 6.45) is 3.91. The number of pyridine rings is 1. The van der Waals surface area contributed by atoms with Crippen LogP contribution in [0.3, 0.4) is 0 Å². The number of rotatable bonds is 6. The van der Waals surface area contributed by atoms with Crippen LogP contribution in [0.1, 0.15) is 17.9 Å². The van der Waals surface area contributed by atoms with Gasteiger partial charge in [-0.05, 0) is 25.5 Å². The molecule has 1 saturated heterocycles. The monoisotopic (exact) mass is 431 g/mol. The van der Waals surface area contributed by atoms with Crippen LogP contribution >= 0.6 is 11.6 Å². The summed E-state index contributed by atoms with van der Waals surface area (Å²) in [5.74, 6) is 1.26. The first-order valence-electron chi connectivity index (χ1n) is 9.65. The largest absolute Gasteiger partial charge is 0.472 e. The van der Waals surface area contributed by atoms with Crippen molar-refractivity contribution >= 4 is 17.3 Å². The number of ether oxygens (including phenoxy) is 1. The molecule has 1 N–H and O–H groups in total. The van der Waals surface area contributed by atoms with Gasteiger partial charge in [0.05, 0.1) is 37.3 Å². The van der Waals surface area contributed by atoms with Crippen molar-refractivity contribution in [2.24, 2.45) is 0 Å². The summed E-state index contributed by atoms with van der Waals surface area (Å²) < 4.78 is 12.5. The molecule has 4 rings (SSSR count). The summed E-state index contributed by atoms with van der Waals surface area (Å²) in [5, 5.41) is 17.2. The molecule has 4 heterocycles. The van der Waals surface area contributed by atoms with Crippen molar-refractivity contribution < 1.29 is 14.4 Å². The Bertz CT molecular complexity index is 1090. The molecule has 1 fully saturated rings. The van der Waals surface area contributed by atoms with Crippen LogP contribution in [0.15, 0.2) is 33.8 Å². The van der Waals surface area contributed by atoms with Gasteiger partial charge in [0.15, 0.2) is 0 Å². The highest BCUT2D eigenvalue weighted by atomic mass is 35.5. The van der Waals surface area contributed by atoms with E-state index in [2.05, 4.69) is 15.2 Å². The third-order valence-electron chi connectivity index (χ3n) is 5.11.